The second-order valence-electron chi connectivity index (χ2n) is 15.0. The summed E-state index contributed by atoms with van der Waals surface area (Å²) in [6, 6.07) is 79.4. The van der Waals surface area contributed by atoms with Crippen LogP contribution in [0.25, 0.3) is 49.7 Å². The van der Waals surface area contributed by atoms with E-state index in [9.17, 15) is 0 Å². The van der Waals surface area contributed by atoms with Gasteiger partial charge in [0.25, 0.3) is 0 Å². The van der Waals surface area contributed by atoms with Gasteiger partial charge in [0.05, 0.1) is 25.3 Å². The van der Waals surface area contributed by atoms with Crippen molar-refractivity contribution in [3.05, 3.63) is 224 Å². The van der Waals surface area contributed by atoms with Crippen molar-refractivity contribution in [2.75, 3.05) is 24.0 Å². The zero-order chi connectivity index (χ0) is 41.1. The first-order valence-corrected chi connectivity index (χ1v) is 20.5. The van der Waals surface area contributed by atoms with Crippen LogP contribution >= 0.6 is 0 Å². The minimum atomic E-state index is 0.788. The molecule has 0 amide bonds. The lowest BCUT2D eigenvalue weighted by Crippen LogP contribution is -2.12. The van der Waals surface area contributed by atoms with Gasteiger partial charge in [-0.2, -0.15) is 0 Å². The summed E-state index contributed by atoms with van der Waals surface area (Å²) in [5.41, 5.74) is 14.4. The van der Waals surface area contributed by atoms with E-state index < -0.39 is 0 Å². The van der Waals surface area contributed by atoms with Gasteiger partial charge in [-0.15, -0.1) is 0 Å². The summed E-state index contributed by atoms with van der Waals surface area (Å²) < 4.78 is 13.7. The molecular formula is C56H43N3O2. The van der Waals surface area contributed by atoms with Crippen molar-refractivity contribution < 1.29 is 9.47 Å². The number of anilines is 6. The Hall–Kier alpha value is -8.02. The number of benzene rings is 9. The van der Waals surface area contributed by atoms with Gasteiger partial charge in [-0.25, -0.2) is 0 Å². The van der Waals surface area contributed by atoms with Crippen molar-refractivity contribution in [3.63, 3.8) is 0 Å². The van der Waals surface area contributed by atoms with Crippen LogP contribution in [-0.2, 0) is 0 Å². The molecule has 0 unspecified atom stereocenters. The van der Waals surface area contributed by atoms with E-state index in [1.807, 2.05) is 24.3 Å². The summed E-state index contributed by atoms with van der Waals surface area (Å²) in [4.78, 5) is 4.55. The van der Waals surface area contributed by atoms with Crippen molar-refractivity contribution in [2.24, 2.45) is 0 Å². The summed E-state index contributed by atoms with van der Waals surface area (Å²) in [6.45, 7) is 0. The Bertz CT molecular complexity index is 3060. The largest absolute Gasteiger partial charge is 0.497 e. The number of hydrogen-bond donors (Lipinski definition) is 0. The SMILES string of the molecule is COc1cccc(N(c2ccc(N(c3ccccc3)c3ccc4c(c3)c3ccccc3n4-c3cccc(-c4ccc(-c5ccccc5)cc4)c3)cc2)c2cccc(OC)c2)c1. The van der Waals surface area contributed by atoms with Gasteiger partial charge < -0.3 is 23.8 Å². The predicted molar refractivity (Wildman–Crippen MR) is 254 cm³/mol. The number of para-hydroxylation sites is 2. The van der Waals surface area contributed by atoms with Gasteiger partial charge in [-0.3, -0.25) is 0 Å². The van der Waals surface area contributed by atoms with Gasteiger partial charge in [0.15, 0.2) is 0 Å². The maximum absolute atomic E-state index is 5.63. The van der Waals surface area contributed by atoms with Crippen molar-refractivity contribution >= 4 is 55.9 Å². The van der Waals surface area contributed by atoms with Gasteiger partial charge in [0.1, 0.15) is 11.5 Å². The Morgan fingerprint density at radius 1 is 0.311 bits per heavy atom. The van der Waals surface area contributed by atoms with Crippen molar-refractivity contribution in [3.8, 4) is 39.4 Å². The third-order valence-corrected chi connectivity index (χ3v) is 11.3. The summed E-state index contributed by atoms with van der Waals surface area (Å²) in [5, 5.41) is 2.39. The molecule has 0 saturated carbocycles. The maximum Gasteiger partial charge on any atom is 0.120 e. The third kappa shape index (κ3) is 7.23. The normalized spacial score (nSPS) is 11.1. The zero-order valence-corrected chi connectivity index (χ0v) is 34.0. The van der Waals surface area contributed by atoms with E-state index in [1.165, 1.54) is 33.0 Å². The zero-order valence-electron chi connectivity index (χ0n) is 34.0. The highest BCUT2D eigenvalue weighted by Crippen LogP contribution is 2.43. The molecule has 9 aromatic carbocycles. The van der Waals surface area contributed by atoms with Gasteiger partial charge in [0, 0.05) is 62.7 Å². The highest BCUT2D eigenvalue weighted by Gasteiger charge is 2.19. The van der Waals surface area contributed by atoms with Gasteiger partial charge in [-0.05, 0) is 119 Å². The molecule has 5 heteroatoms. The molecule has 0 aliphatic heterocycles. The predicted octanol–water partition coefficient (Wildman–Crippen LogP) is 15.1. The fourth-order valence-electron chi connectivity index (χ4n) is 8.41. The molecule has 61 heavy (non-hydrogen) atoms. The van der Waals surface area contributed by atoms with E-state index in [0.717, 1.165) is 62.3 Å². The van der Waals surface area contributed by atoms with Crippen LogP contribution in [0, 0.1) is 0 Å². The van der Waals surface area contributed by atoms with Crippen LogP contribution in [0.4, 0.5) is 34.1 Å². The lowest BCUT2D eigenvalue weighted by molar-refractivity contribution is 0.414. The number of fused-ring (bicyclic) bond motifs is 3. The lowest BCUT2D eigenvalue weighted by atomic mass is 10.00. The average Bonchev–Trinajstić information content (AvgIpc) is 3.67. The summed E-state index contributed by atoms with van der Waals surface area (Å²) in [6.07, 6.45) is 0. The molecule has 5 nitrogen and oxygen atoms in total. The monoisotopic (exact) mass is 789 g/mol. The molecule has 10 aromatic rings. The minimum absolute atomic E-state index is 0.788. The lowest BCUT2D eigenvalue weighted by Gasteiger charge is -2.28. The standard InChI is InChI=1S/C56H43N3O2/c1-60-51-22-12-20-48(37-51)58(49-21-13-23-52(38-49)61-2)46-32-30-45(31-33-46)57(44-17-7-4-8-18-44)50-34-35-56-54(39-50)53-24-9-10-25-55(53)59(56)47-19-11-16-43(36-47)42-28-26-41(27-29-42)40-14-5-3-6-15-40/h3-39H,1-2H3. The number of methoxy groups -OCH3 is 2. The van der Waals surface area contributed by atoms with E-state index in [2.05, 4.69) is 215 Å². The molecule has 0 fully saturated rings. The van der Waals surface area contributed by atoms with Crippen molar-refractivity contribution in [1.82, 2.24) is 4.57 Å². The summed E-state index contributed by atoms with van der Waals surface area (Å²) in [5.74, 6) is 1.58. The van der Waals surface area contributed by atoms with E-state index in [-0.39, 0.29) is 0 Å². The molecule has 0 aliphatic rings. The molecule has 0 bridgehead atoms. The Labute approximate surface area is 356 Å². The van der Waals surface area contributed by atoms with Crippen LogP contribution in [0.3, 0.4) is 0 Å². The second kappa shape index (κ2) is 16.3. The molecule has 0 spiro atoms. The van der Waals surface area contributed by atoms with Crippen molar-refractivity contribution in [2.45, 2.75) is 0 Å². The van der Waals surface area contributed by atoms with Crippen LogP contribution in [0.2, 0.25) is 0 Å². The Balaban J connectivity index is 1.05. The molecule has 0 saturated heterocycles. The number of rotatable bonds is 11. The summed E-state index contributed by atoms with van der Waals surface area (Å²) >= 11 is 0. The smallest absolute Gasteiger partial charge is 0.120 e. The van der Waals surface area contributed by atoms with Crippen LogP contribution in [0.15, 0.2) is 224 Å². The fraction of sp³-hybridized carbons (Fsp3) is 0.0357. The van der Waals surface area contributed by atoms with Gasteiger partial charge in [0.2, 0.25) is 0 Å². The van der Waals surface area contributed by atoms with E-state index >= 15 is 0 Å². The molecule has 10 rings (SSSR count). The molecule has 0 radical (unpaired) electrons. The Kier molecular flexibility index (Phi) is 9.97. The highest BCUT2D eigenvalue weighted by molar-refractivity contribution is 6.10. The van der Waals surface area contributed by atoms with E-state index in [1.54, 1.807) is 14.2 Å². The van der Waals surface area contributed by atoms with Crippen LogP contribution in [0.1, 0.15) is 0 Å². The molecular weight excluding hydrogens is 747 g/mol. The molecule has 1 heterocycles. The first-order chi connectivity index (χ1) is 30.1. The number of hydrogen-bond acceptors (Lipinski definition) is 4. The van der Waals surface area contributed by atoms with Crippen LogP contribution in [0.5, 0.6) is 11.5 Å². The molecule has 0 N–H and O–H groups in total. The van der Waals surface area contributed by atoms with E-state index in [0.29, 0.717) is 0 Å². The fourth-order valence-corrected chi connectivity index (χ4v) is 8.41. The van der Waals surface area contributed by atoms with Gasteiger partial charge >= 0.3 is 0 Å². The molecule has 0 atom stereocenters. The van der Waals surface area contributed by atoms with Gasteiger partial charge in [-0.1, -0.05) is 115 Å². The molecule has 0 aliphatic carbocycles. The Morgan fingerprint density at radius 3 is 1.39 bits per heavy atom. The third-order valence-electron chi connectivity index (χ3n) is 11.3. The Morgan fingerprint density at radius 2 is 0.754 bits per heavy atom. The highest BCUT2D eigenvalue weighted by atomic mass is 16.5. The first kappa shape index (κ1) is 37.3. The average molecular weight is 790 g/mol. The quantitative estimate of drug-likeness (QED) is 0.131. The molecule has 1 aromatic heterocycles. The van der Waals surface area contributed by atoms with Crippen molar-refractivity contribution in [1.29, 1.82) is 0 Å². The topological polar surface area (TPSA) is 29.9 Å². The summed E-state index contributed by atoms with van der Waals surface area (Å²) in [7, 11) is 3.39. The van der Waals surface area contributed by atoms with Crippen LogP contribution in [-0.4, -0.2) is 18.8 Å². The van der Waals surface area contributed by atoms with Crippen LogP contribution < -0.4 is 19.3 Å². The van der Waals surface area contributed by atoms with E-state index in [4.69, 9.17) is 9.47 Å². The number of aromatic nitrogens is 1. The second-order valence-corrected chi connectivity index (χ2v) is 15.0. The minimum Gasteiger partial charge on any atom is -0.497 e. The number of ether oxygens (including phenoxy) is 2. The number of nitrogens with zero attached hydrogens (tertiary/aromatic N) is 3. The maximum atomic E-state index is 5.63. The molecule has 294 valence electrons. The first-order valence-electron chi connectivity index (χ1n) is 20.5.